The highest BCUT2D eigenvalue weighted by Crippen LogP contribution is 2.37. The quantitative estimate of drug-likeness (QED) is 0.751. The van der Waals surface area contributed by atoms with Crippen LogP contribution in [-0.4, -0.2) is 18.2 Å². The summed E-state index contributed by atoms with van der Waals surface area (Å²) in [6, 6.07) is 0.263. The van der Waals surface area contributed by atoms with Gasteiger partial charge in [-0.15, -0.1) is 0 Å². The summed E-state index contributed by atoms with van der Waals surface area (Å²) >= 11 is 0. The van der Waals surface area contributed by atoms with Crippen LogP contribution in [0.3, 0.4) is 0 Å². The first-order chi connectivity index (χ1) is 8.77. The first-order valence-electron chi connectivity index (χ1n) is 8.16. The SMILES string of the molecule is CCOC1(C(N)CC2CCCC2)CCCCCC1. The third-order valence-electron chi connectivity index (χ3n) is 5.12. The summed E-state index contributed by atoms with van der Waals surface area (Å²) in [4.78, 5) is 0. The van der Waals surface area contributed by atoms with Gasteiger partial charge in [-0.1, -0.05) is 51.4 Å². The maximum absolute atomic E-state index is 6.59. The molecule has 2 rings (SSSR count). The van der Waals surface area contributed by atoms with Crippen LogP contribution in [0.15, 0.2) is 0 Å². The van der Waals surface area contributed by atoms with Crippen molar-refractivity contribution in [1.29, 1.82) is 0 Å². The van der Waals surface area contributed by atoms with Gasteiger partial charge in [-0.3, -0.25) is 0 Å². The average Bonchev–Trinajstić information content (AvgIpc) is 2.74. The Kier molecular flexibility index (Phi) is 5.50. The summed E-state index contributed by atoms with van der Waals surface area (Å²) in [6.45, 7) is 2.94. The molecule has 0 saturated heterocycles. The van der Waals surface area contributed by atoms with Gasteiger partial charge in [-0.05, 0) is 32.1 Å². The largest absolute Gasteiger partial charge is 0.374 e. The van der Waals surface area contributed by atoms with Crippen molar-refractivity contribution in [3.63, 3.8) is 0 Å². The summed E-state index contributed by atoms with van der Waals surface area (Å²) < 4.78 is 6.20. The smallest absolute Gasteiger partial charge is 0.0832 e. The second kappa shape index (κ2) is 6.91. The van der Waals surface area contributed by atoms with Crippen LogP contribution in [0.1, 0.15) is 77.6 Å². The second-order valence-corrected chi connectivity index (χ2v) is 6.40. The molecule has 0 aliphatic heterocycles. The summed E-state index contributed by atoms with van der Waals surface area (Å²) in [5.41, 5.74) is 6.60. The normalized spacial score (nSPS) is 27.0. The van der Waals surface area contributed by atoms with Crippen LogP contribution in [0.25, 0.3) is 0 Å². The van der Waals surface area contributed by atoms with E-state index < -0.39 is 0 Å². The molecule has 106 valence electrons. The molecule has 2 fully saturated rings. The van der Waals surface area contributed by atoms with Crippen LogP contribution < -0.4 is 5.73 Å². The molecule has 1 atom stereocenters. The lowest BCUT2D eigenvalue weighted by molar-refractivity contribution is -0.0726. The van der Waals surface area contributed by atoms with Gasteiger partial charge in [0.2, 0.25) is 0 Å². The first kappa shape index (κ1) is 14.3. The fraction of sp³-hybridized carbons (Fsp3) is 1.00. The van der Waals surface area contributed by atoms with Gasteiger partial charge < -0.3 is 10.5 Å². The van der Waals surface area contributed by atoms with E-state index in [4.69, 9.17) is 10.5 Å². The Hall–Kier alpha value is -0.0800. The Labute approximate surface area is 113 Å². The highest BCUT2D eigenvalue weighted by molar-refractivity contribution is 4.94. The lowest BCUT2D eigenvalue weighted by Gasteiger charge is -2.39. The van der Waals surface area contributed by atoms with Gasteiger partial charge in [0.1, 0.15) is 0 Å². The molecular formula is C16H31NO. The van der Waals surface area contributed by atoms with Gasteiger partial charge in [0, 0.05) is 12.6 Å². The van der Waals surface area contributed by atoms with Gasteiger partial charge in [0.05, 0.1) is 5.60 Å². The van der Waals surface area contributed by atoms with Crippen molar-refractivity contribution < 1.29 is 4.74 Å². The minimum atomic E-state index is 0.00778. The third kappa shape index (κ3) is 3.48. The molecule has 2 aliphatic carbocycles. The minimum Gasteiger partial charge on any atom is -0.374 e. The fourth-order valence-electron chi connectivity index (χ4n) is 4.06. The van der Waals surface area contributed by atoms with Crippen LogP contribution in [0, 0.1) is 5.92 Å². The maximum Gasteiger partial charge on any atom is 0.0832 e. The Morgan fingerprint density at radius 2 is 1.67 bits per heavy atom. The minimum absolute atomic E-state index is 0.00778. The Morgan fingerprint density at radius 1 is 1.06 bits per heavy atom. The Morgan fingerprint density at radius 3 is 2.22 bits per heavy atom. The van der Waals surface area contributed by atoms with E-state index in [9.17, 15) is 0 Å². The average molecular weight is 253 g/mol. The summed E-state index contributed by atoms with van der Waals surface area (Å²) in [5.74, 6) is 0.876. The molecule has 0 radical (unpaired) electrons. The van der Waals surface area contributed by atoms with Crippen molar-refractivity contribution in [1.82, 2.24) is 0 Å². The van der Waals surface area contributed by atoms with E-state index in [-0.39, 0.29) is 11.6 Å². The Balaban J connectivity index is 1.97. The summed E-state index contributed by atoms with van der Waals surface area (Å²) in [7, 11) is 0. The predicted octanol–water partition coefficient (Wildman–Crippen LogP) is 4.02. The number of nitrogens with two attached hydrogens (primary N) is 1. The van der Waals surface area contributed by atoms with Crippen LogP contribution in [0.5, 0.6) is 0 Å². The predicted molar refractivity (Wildman–Crippen MR) is 76.6 cm³/mol. The number of hydrogen-bond donors (Lipinski definition) is 1. The Bertz CT molecular complexity index is 227. The molecule has 1 unspecified atom stereocenters. The van der Waals surface area contributed by atoms with E-state index in [1.54, 1.807) is 0 Å². The molecule has 0 aromatic heterocycles. The van der Waals surface area contributed by atoms with Gasteiger partial charge in [-0.25, -0.2) is 0 Å². The molecule has 0 aromatic carbocycles. The van der Waals surface area contributed by atoms with Crippen molar-refractivity contribution >= 4 is 0 Å². The van der Waals surface area contributed by atoms with Crippen molar-refractivity contribution in [2.45, 2.75) is 89.2 Å². The standard InChI is InChI=1S/C16H31NO/c1-2-18-16(11-7-3-4-8-12-16)15(17)13-14-9-5-6-10-14/h14-15H,2-13,17H2,1H3. The second-order valence-electron chi connectivity index (χ2n) is 6.40. The molecule has 0 bridgehead atoms. The molecule has 2 N–H and O–H groups in total. The van der Waals surface area contributed by atoms with E-state index in [2.05, 4.69) is 6.92 Å². The van der Waals surface area contributed by atoms with E-state index in [0.717, 1.165) is 12.5 Å². The van der Waals surface area contributed by atoms with Crippen molar-refractivity contribution in [2.24, 2.45) is 11.7 Å². The highest BCUT2D eigenvalue weighted by Gasteiger charge is 2.38. The number of rotatable bonds is 5. The van der Waals surface area contributed by atoms with E-state index in [1.165, 1.54) is 70.6 Å². The van der Waals surface area contributed by atoms with Gasteiger partial charge in [0.15, 0.2) is 0 Å². The van der Waals surface area contributed by atoms with Crippen LogP contribution in [0.4, 0.5) is 0 Å². The topological polar surface area (TPSA) is 35.2 Å². The van der Waals surface area contributed by atoms with Gasteiger partial charge in [0.25, 0.3) is 0 Å². The molecule has 2 aliphatic rings. The lowest BCUT2D eigenvalue weighted by atomic mass is 9.81. The van der Waals surface area contributed by atoms with Crippen LogP contribution >= 0.6 is 0 Å². The summed E-state index contributed by atoms with van der Waals surface area (Å²) in [5, 5.41) is 0. The first-order valence-corrected chi connectivity index (χ1v) is 8.16. The van der Waals surface area contributed by atoms with Crippen LogP contribution in [-0.2, 0) is 4.74 Å². The van der Waals surface area contributed by atoms with Gasteiger partial charge >= 0.3 is 0 Å². The number of ether oxygens (including phenoxy) is 1. The molecular weight excluding hydrogens is 222 g/mol. The van der Waals surface area contributed by atoms with Gasteiger partial charge in [-0.2, -0.15) is 0 Å². The molecule has 2 nitrogen and oxygen atoms in total. The monoisotopic (exact) mass is 253 g/mol. The molecule has 0 heterocycles. The molecule has 0 amide bonds. The molecule has 2 saturated carbocycles. The van der Waals surface area contributed by atoms with E-state index in [1.807, 2.05) is 0 Å². The molecule has 18 heavy (non-hydrogen) atoms. The summed E-state index contributed by atoms with van der Waals surface area (Å²) in [6.07, 6.45) is 14.5. The van der Waals surface area contributed by atoms with Crippen molar-refractivity contribution in [3.8, 4) is 0 Å². The fourth-order valence-corrected chi connectivity index (χ4v) is 4.06. The highest BCUT2D eigenvalue weighted by atomic mass is 16.5. The molecule has 0 spiro atoms. The lowest BCUT2D eigenvalue weighted by Crippen LogP contribution is -2.50. The number of hydrogen-bond acceptors (Lipinski definition) is 2. The van der Waals surface area contributed by atoms with E-state index in [0.29, 0.717) is 0 Å². The van der Waals surface area contributed by atoms with E-state index >= 15 is 0 Å². The van der Waals surface area contributed by atoms with Crippen molar-refractivity contribution in [2.75, 3.05) is 6.61 Å². The zero-order chi connectivity index (χ0) is 12.8. The zero-order valence-corrected chi connectivity index (χ0v) is 12.1. The van der Waals surface area contributed by atoms with Crippen LogP contribution in [0.2, 0.25) is 0 Å². The molecule has 0 aromatic rings. The maximum atomic E-state index is 6.59. The molecule has 2 heteroatoms. The zero-order valence-electron chi connectivity index (χ0n) is 12.1. The van der Waals surface area contributed by atoms with Crippen molar-refractivity contribution in [3.05, 3.63) is 0 Å². The third-order valence-corrected chi connectivity index (χ3v) is 5.12.